The first kappa shape index (κ1) is 12.0. The second kappa shape index (κ2) is 5.70. The van der Waals surface area contributed by atoms with E-state index in [4.69, 9.17) is 16.3 Å². The first-order chi connectivity index (χ1) is 7.81. The zero-order valence-corrected chi connectivity index (χ0v) is 10.7. The topological polar surface area (TPSA) is 38.2 Å². The zero-order chi connectivity index (χ0) is 11.4. The third-order valence-electron chi connectivity index (χ3n) is 2.50. The average molecular weight is 260 g/mol. The number of nitrogens with zero attached hydrogens (tertiary/aromatic N) is 3. The Kier molecular flexibility index (Phi) is 4.26. The molecule has 0 amide bonds. The van der Waals surface area contributed by atoms with Crippen molar-refractivity contribution < 1.29 is 4.74 Å². The third kappa shape index (κ3) is 2.78. The Bertz CT molecular complexity index is 347. The Morgan fingerprint density at radius 3 is 3.12 bits per heavy atom. The fourth-order valence-electron chi connectivity index (χ4n) is 1.79. The minimum atomic E-state index is 0.285. The van der Waals surface area contributed by atoms with Crippen LogP contribution < -0.4 is 4.31 Å². The Labute approximate surface area is 104 Å². The zero-order valence-electron chi connectivity index (χ0n) is 9.10. The van der Waals surface area contributed by atoms with E-state index in [9.17, 15) is 0 Å². The Hall–Kier alpha value is -0.520. The molecule has 16 heavy (non-hydrogen) atoms. The molecule has 88 valence electrons. The van der Waals surface area contributed by atoms with Gasteiger partial charge in [0.2, 0.25) is 5.28 Å². The van der Waals surface area contributed by atoms with Gasteiger partial charge in [-0.15, -0.1) is 0 Å². The molecular formula is C10H14ClN3OS. The third-order valence-corrected chi connectivity index (χ3v) is 3.56. The smallest absolute Gasteiger partial charge is 0.224 e. The molecular weight excluding hydrogens is 246 g/mol. The molecule has 0 aromatic carbocycles. The van der Waals surface area contributed by atoms with Crippen LogP contribution in [-0.4, -0.2) is 35.5 Å². The number of rotatable bonds is 3. The molecule has 1 aliphatic rings. The molecule has 0 N–H and O–H groups in total. The highest BCUT2D eigenvalue weighted by Gasteiger charge is 2.22. The molecule has 0 aliphatic carbocycles. The van der Waals surface area contributed by atoms with Crippen molar-refractivity contribution in [2.24, 2.45) is 0 Å². The molecule has 0 bridgehead atoms. The number of hydrogen-bond donors (Lipinski definition) is 0. The lowest BCUT2D eigenvalue weighted by Gasteiger charge is -2.32. The minimum absolute atomic E-state index is 0.285. The van der Waals surface area contributed by atoms with Gasteiger partial charge in [0.25, 0.3) is 0 Å². The largest absolute Gasteiger partial charge is 0.379 e. The van der Waals surface area contributed by atoms with Crippen molar-refractivity contribution in [1.82, 2.24) is 9.97 Å². The van der Waals surface area contributed by atoms with Gasteiger partial charge in [-0.2, -0.15) is 4.98 Å². The van der Waals surface area contributed by atoms with Crippen LogP contribution in [0.4, 0.5) is 5.82 Å². The molecule has 2 heterocycles. The van der Waals surface area contributed by atoms with E-state index in [0.717, 1.165) is 31.9 Å². The van der Waals surface area contributed by atoms with Crippen LogP contribution in [0.15, 0.2) is 12.3 Å². The number of anilines is 1. The van der Waals surface area contributed by atoms with Crippen LogP contribution in [-0.2, 0) is 4.74 Å². The summed E-state index contributed by atoms with van der Waals surface area (Å²) in [5, 5.41) is 0.285. The van der Waals surface area contributed by atoms with E-state index < -0.39 is 0 Å². The maximum atomic E-state index is 5.80. The lowest BCUT2D eigenvalue weighted by atomic mass is 10.1. The molecule has 2 rings (SSSR count). The van der Waals surface area contributed by atoms with Gasteiger partial charge in [-0.05, 0) is 24.4 Å². The lowest BCUT2D eigenvalue weighted by Crippen LogP contribution is -2.37. The highest BCUT2D eigenvalue weighted by Crippen LogP contribution is 2.26. The second-order valence-electron chi connectivity index (χ2n) is 3.56. The fraction of sp³-hybridized carbons (Fsp3) is 0.600. The fourth-order valence-corrected chi connectivity index (χ4v) is 2.68. The number of hydrogen-bond acceptors (Lipinski definition) is 5. The summed E-state index contributed by atoms with van der Waals surface area (Å²) in [5.74, 6) is 0.850. The predicted molar refractivity (Wildman–Crippen MR) is 66.9 cm³/mol. The van der Waals surface area contributed by atoms with Gasteiger partial charge in [-0.25, -0.2) is 4.98 Å². The molecule has 1 aliphatic heterocycles. The summed E-state index contributed by atoms with van der Waals surface area (Å²) in [6.45, 7) is 1.62. The predicted octanol–water partition coefficient (Wildman–Crippen LogP) is 2.39. The minimum Gasteiger partial charge on any atom is -0.379 e. The Morgan fingerprint density at radius 1 is 1.62 bits per heavy atom. The van der Waals surface area contributed by atoms with Crippen LogP contribution in [0.25, 0.3) is 0 Å². The van der Waals surface area contributed by atoms with Crippen molar-refractivity contribution in [1.29, 1.82) is 0 Å². The van der Waals surface area contributed by atoms with Gasteiger partial charge in [-0.3, -0.25) is 4.31 Å². The molecule has 0 radical (unpaired) electrons. The summed E-state index contributed by atoms with van der Waals surface area (Å²) in [6, 6.07) is 2.24. The summed E-state index contributed by atoms with van der Waals surface area (Å²) in [4.78, 5) is 8.11. The van der Waals surface area contributed by atoms with Gasteiger partial charge in [0.1, 0.15) is 5.82 Å². The maximum Gasteiger partial charge on any atom is 0.224 e. The van der Waals surface area contributed by atoms with Crippen LogP contribution >= 0.6 is 23.5 Å². The first-order valence-electron chi connectivity index (χ1n) is 5.21. The number of ether oxygens (including phenoxy) is 1. The maximum absolute atomic E-state index is 5.80. The van der Waals surface area contributed by atoms with Gasteiger partial charge in [-0.1, -0.05) is 11.9 Å². The van der Waals surface area contributed by atoms with E-state index in [1.165, 1.54) is 0 Å². The number of aromatic nitrogens is 2. The SMILES string of the molecule is CSN(c1ccnc(Cl)n1)C1CCCOC1. The van der Waals surface area contributed by atoms with Crippen LogP contribution in [0.2, 0.25) is 5.28 Å². The van der Waals surface area contributed by atoms with Crippen LogP contribution in [0, 0.1) is 0 Å². The van der Waals surface area contributed by atoms with Gasteiger partial charge >= 0.3 is 0 Å². The Balaban J connectivity index is 2.14. The lowest BCUT2D eigenvalue weighted by molar-refractivity contribution is 0.0839. The summed E-state index contributed by atoms with van der Waals surface area (Å²) in [6.07, 6.45) is 5.94. The molecule has 6 heteroatoms. The van der Waals surface area contributed by atoms with Crippen molar-refractivity contribution in [3.8, 4) is 0 Å². The highest BCUT2D eigenvalue weighted by molar-refractivity contribution is 8.00. The summed E-state index contributed by atoms with van der Waals surface area (Å²) >= 11 is 7.44. The van der Waals surface area contributed by atoms with Gasteiger partial charge < -0.3 is 4.74 Å². The van der Waals surface area contributed by atoms with E-state index in [0.29, 0.717) is 6.04 Å². The Morgan fingerprint density at radius 2 is 2.50 bits per heavy atom. The molecule has 1 unspecified atom stereocenters. The van der Waals surface area contributed by atoms with Crippen molar-refractivity contribution >= 4 is 29.4 Å². The van der Waals surface area contributed by atoms with E-state index in [1.807, 2.05) is 12.3 Å². The molecule has 4 nitrogen and oxygen atoms in total. The van der Waals surface area contributed by atoms with Crippen molar-refractivity contribution in [2.75, 3.05) is 23.8 Å². The van der Waals surface area contributed by atoms with E-state index in [-0.39, 0.29) is 5.28 Å². The van der Waals surface area contributed by atoms with E-state index in [2.05, 4.69) is 14.3 Å². The molecule has 0 saturated carbocycles. The monoisotopic (exact) mass is 259 g/mol. The number of halogens is 1. The summed E-state index contributed by atoms with van der Waals surface area (Å²) < 4.78 is 7.63. The van der Waals surface area contributed by atoms with Crippen molar-refractivity contribution in [3.63, 3.8) is 0 Å². The molecule has 0 spiro atoms. The molecule has 1 atom stereocenters. The van der Waals surface area contributed by atoms with E-state index >= 15 is 0 Å². The van der Waals surface area contributed by atoms with Crippen LogP contribution in [0.1, 0.15) is 12.8 Å². The first-order valence-corrected chi connectivity index (χ1v) is 6.77. The van der Waals surface area contributed by atoms with Gasteiger partial charge in [0, 0.05) is 25.1 Å². The summed E-state index contributed by atoms with van der Waals surface area (Å²) in [7, 11) is 0. The molecule has 1 fully saturated rings. The standard InChI is InChI=1S/C10H14ClN3OS/c1-16-14(8-3-2-6-15-7-8)9-4-5-12-10(11)13-9/h4-5,8H,2-3,6-7H2,1H3. The summed E-state index contributed by atoms with van der Waals surface area (Å²) in [5.41, 5.74) is 0. The van der Waals surface area contributed by atoms with Crippen molar-refractivity contribution in [2.45, 2.75) is 18.9 Å². The molecule has 1 aromatic heterocycles. The second-order valence-corrected chi connectivity index (χ2v) is 4.66. The van der Waals surface area contributed by atoms with Crippen molar-refractivity contribution in [3.05, 3.63) is 17.5 Å². The van der Waals surface area contributed by atoms with Gasteiger partial charge in [0.05, 0.1) is 12.6 Å². The van der Waals surface area contributed by atoms with Crippen LogP contribution in [0.3, 0.4) is 0 Å². The van der Waals surface area contributed by atoms with E-state index in [1.54, 1.807) is 18.1 Å². The normalized spacial score (nSPS) is 20.8. The molecule has 1 aromatic rings. The quantitative estimate of drug-likeness (QED) is 0.616. The van der Waals surface area contributed by atoms with Crippen LogP contribution in [0.5, 0.6) is 0 Å². The molecule has 1 saturated heterocycles. The average Bonchev–Trinajstić information content (AvgIpc) is 2.31. The highest BCUT2D eigenvalue weighted by atomic mass is 35.5. The van der Waals surface area contributed by atoms with Gasteiger partial charge in [0.15, 0.2) is 0 Å².